The standard InChI is InChI=1S/C12H10N2O/c15-12-6-9-2-1-8(5-11(9)14-12)10-3-4-13-7-10/h1-7,13-15H. The zero-order chi connectivity index (χ0) is 10.3. The van der Waals surface area contributed by atoms with Crippen LogP contribution in [-0.4, -0.2) is 15.1 Å². The molecule has 0 amide bonds. The quantitative estimate of drug-likeness (QED) is 0.553. The van der Waals surface area contributed by atoms with Gasteiger partial charge in [0.1, 0.15) is 0 Å². The van der Waals surface area contributed by atoms with Crippen molar-refractivity contribution in [2.75, 3.05) is 0 Å². The highest BCUT2D eigenvalue weighted by Gasteiger charge is 2.02. The molecule has 0 radical (unpaired) electrons. The predicted molar refractivity (Wildman–Crippen MR) is 59.8 cm³/mol. The molecule has 0 unspecified atom stereocenters. The van der Waals surface area contributed by atoms with Gasteiger partial charge in [0.05, 0.1) is 0 Å². The van der Waals surface area contributed by atoms with Crippen LogP contribution in [0.1, 0.15) is 0 Å². The lowest BCUT2D eigenvalue weighted by atomic mass is 10.1. The van der Waals surface area contributed by atoms with E-state index in [1.807, 2.05) is 36.7 Å². The summed E-state index contributed by atoms with van der Waals surface area (Å²) in [5.41, 5.74) is 3.22. The van der Waals surface area contributed by atoms with E-state index >= 15 is 0 Å². The molecule has 0 saturated carbocycles. The number of hydrogen-bond acceptors (Lipinski definition) is 1. The Morgan fingerprint density at radius 3 is 2.73 bits per heavy atom. The zero-order valence-corrected chi connectivity index (χ0v) is 7.99. The van der Waals surface area contributed by atoms with Gasteiger partial charge in [-0.15, -0.1) is 0 Å². The summed E-state index contributed by atoms with van der Waals surface area (Å²) in [6, 6.07) is 9.80. The van der Waals surface area contributed by atoms with E-state index in [9.17, 15) is 5.11 Å². The van der Waals surface area contributed by atoms with Crippen LogP contribution >= 0.6 is 0 Å². The van der Waals surface area contributed by atoms with Gasteiger partial charge in [-0.2, -0.15) is 0 Å². The van der Waals surface area contributed by atoms with Gasteiger partial charge in [-0.25, -0.2) is 0 Å². The number of rotatable bonds is 1. The molecule has 3 nitrogen and oxygen atoms in total. The summed E-state index contributed by atoms with van der Waals surface area (Å²) in [6.07, 6.45) is 3.84. The minimum Gasteiger partial charge on any atom is -0.495 e. The summed E-state index contributed by atoms with van der Waals surface area (Å²) in [5.74, 6) is 0.205. The summed E-state index contributed by atoms with van der Waals surface area (Å²) in [4.78, 5) is 5.93. The largest absolute Gasteiger partial charge is 0.495 e. The van der Waals surface area contributed by atoms with E-state index in [-0.39, 0.29) is 5.88 Å². The highest BCUT2D eigenvalue weighted by atomic mass is 16.3. The Morgan fingerprint density at radius 1 is 1.00 bits per heavy atom. The third-order valence-electron chi connectivity index (χ3n) is 2.54. The monoisotopic (exact) mass is 198 g/mol. The summed E-state index contributed by atoms with van der Waals surface area (Å²) >= 11 is 0. The third-order valence-corrected chi connectivity index (χ3v) is 2.54. The smallest absolute Gasteiger partial charge is 0.189 e. The van der Waals surface area contributed by atoms with E-state index in [2.05, 4.69) is 9.97 Å². The Kier molecular flexibility index (Phi) is 1.59. The van der Waals surface area contributed by atoms with Gasteiger partial charge in [0.15, 0.2) is 5.88 Å². The summed E-state index contributed by atoms with van der Waals surface area (Å²) < 4.78 is 0. The van der Waals surface area contributed by atoms with Crippen molar-refractivity contribution in [1.82, 2.24) is 9.97 Å². The fourth-order valence-electron chi connectivity index (χ4n) is 1.79. The van der Waals surface area contributed by atoms with Crippen LogP contribution < -0.4 is 0 Å². The molecule has 3 aromatic rings. The molecule has 1 aromatic carbocycles. The first kappa shape index (κ1) is 8.17. The second-order valence-electron chi connectivity index (χ2n) is 3.56. The molecule has 3 heteroatoms. The first-order valence-corrected chi connectivity index (χ1v) is 4.78. The van der Waals surface area contributed by atoms with E-state index in [1.54, 1.807) is 6.07 Å². The van der Waals surface area contributed by atoms with E-state index in [4.69, 9.17) is 0 Å². The fourth-order valence-corrected chi connectivity index (χ4v) is 1.79. The Bertz CT molecular complexity index is 593. The molecule has 15 heavy (non-hydrogen) atoms. The highest BCUT2D eigenvalue weighted by Crippen LogP contribution is 2.25. The lowest BCUT2D eigenvalue weighted by molar-refractivity contribution is 0.458. The number of aromatic hydroxyl groups is 1. The zero-order valence-electron chi connectivity index (χ0n) is 7.99. The van der Waals surface area contributed by atoms with Crippen LogP contribution in [0.15, 0.2) is 42.7 Å². The van der Waals surface area contributed by atoms with Gasteiger partial charge in [-0.3, -0.25) is 0 Å². The van der Waals surface area contributed by atoms with Gasteiger partial charge in [-0.05, 0) is 23.3 Å². The molecule has 2 heterocycles. The predicted octanol–water partition coefficient (Wildman–Crippen LogP) is 2.87. The third kappa shape index (κ3) is 1.29. The fraction of sp³-hybridized carbons (Fsp3) is 0. The second kappa shape index (κ2) is 2.92. The van der Waals surface area contributed by atoms with Gasteiger partial charge < -0.3 is 15.1 Å². The molecule has 74 valence electrons. The van der Waals surface area contributed by atoms with Crippen molar-refractivity contribution >= 4 is 10.9 Å². The van der Waals surface area contributed by atoms with Gasteiger partial charge in [0.2, 0.25) is 0 Å². The normalized spacial score (nSPS) is 10.9. The summed E-state index contributed by atoms with van der Waals surface area (Å²) in [6.45, 7) is 0. The number of fused-ring (bicyclic) bond motifs is 1. The molecule has 0 fully saturated rings. The number of aromatic amines is 2. The maximum atomic E-state index is 9.32. The molecule has 3 rings (SSSR count). The summed E-state index contributed by atoms with van der Waals surface area (Å²) in [7, 11) is 0. The van der Waals surface area contributed by atoms with Crippen LogP contribution in [0.4, 0.5) is 0 Å². The van der Waals surface area contributed by atoms with Gasteiger partial charge in [0.25, 0.3) is 0 Å². The van der Waals surface area contributed by atoms with Gasteiger partial charge >= 0.3 is 0 Å². The molecule has 0 atom stereocenters. The molecule has 0 aliphatic heterocycles. The molecule has 0 aliphatic carbocycles. The molecule has 0 bridgehead atoms. The van der Waals surface area contributed by atoms with Crippen LogP contribution in [0.25, 0.3) is 22.0 Å². The van der Waals surface area contributed by atoms with Crippen molar-refractivity contribution in [3.8, 4) is 17.0 Å². The minimum absolute atomic E-state index is 0.205. The maximum Gasteiger partial charge on any atom is 0.189 e. The van der Waals surface area contributed by atoms with E-state index in [0.29, 0.717) is 0 Å². The number of nitrogens with one attached hydrogen (secondary N) is 2. The highest BCUT2D eigenvalue weighted by molar-refractivity contribution is 5.86. The average molecular weight is 198 g/mol. The van der Waals surface area contributed by atoms with E-state index in [0.717, 1.165) is 22.0 Å². The van der Waals surface area contributed by atoms with Crippen LogP contribution in [0.5, 0.6) is 5.88 Å². The molecule has 0 spiro atoms. The van der Waals surface area contributed by atoms with E-state index < -0.39 is 0 Å². The van der Waals surface area contributed by atoms with Crippen molar-refractivity contribution in [3.05, 3.63) is 42.7 Å². The molecule has 0 aliphatic rings. The number of benzene rings is 1. The van der Waals surface area contributed by atoms with Crippen molar-refractivity contribution in [2.45, 2.75) is 0 Å². The Balaban J connectivity index is 2.21. The Morgan fingerprint density at radius 2 is 1.93 bits per heavy atom. The minimum atomic E-state index is 0.205. The molecule has 0 saturated heterocycles. The molecule has 3 N–H and O–H groups in total. The molecule has 2 aromatic heterocycles. The second-order valence-corrected chi connectivity index (χ2v) is 3.56. The first-order chi connectivity index (χ1) is 7.33. The van der Waals surface area contributed by atoms with Gasteiger partial charge in [0, 0.05) is 29.4 Å². The topological polar surface area (TPSA) is 51.8 Å². The lowest BCUT2D eigenvalue weighted by Crippen LogP contribution is -1.74. The van der Waals surface area contributed by atoms with Crippen molar-refractivity contribution in [2.24, 2.45) is 0 Å². The Hall–Kier alpha value is -2.16. The lowest BCUT2D eigenvalue weighted by Gasteiger charge is -1.97. The average Bonchev–Trinajstić information content (AvgIpc) is 2.82. The van der Waals surface area contributed by atoms with Crippen molar-refractivity contribution in [3.63, 3.8) is 0 Å². The number of aromatic nitrogens is 2. The Labute approximate surface area is 86.4 Å². The van der Waals surface area contributed by atoms with Crippen LogP contribution in [0.3, 0.4) is 0 Å². The first-order valence-electron chi connectivity index (χ1n) is 4.78. The SMILES string of the molecule is Oc1cc2ccc(-c3cc[nH]c3)cc2[nH]1. The maximum absolute atomic E-state index is 9.32. The van der Waals surface area contributed by atoms with Crippen LogP contribution in [0.2, 0.25) is 0 Å². The number of H-pyrrole nitrogens is 2. The molecular weight excluding hydrogens is 188 g/mol. The van der Waals surface area contributed by atoms with Gasteiger partial charge in [-0.1, -0.05) is 12.1 Å². The van der Waals surface area contributed by atoms with E-state index in [1.165, 1.54) is 0 Å². The van der Waals surface area contributed by atoms with Crippen LogP contribution in [0, 0.1) is 0 Å². The summed E-state index contributed by atoms with van der Waals surface area (Å²) in [5, 5.41) is 10.3. The van der Waals surface area contributed by atoms with Crippen LogP contribution in [-0.2, 0) is 0 Å². The number of hydrogen-bond donors (Lipinski definition) is 3. The van der Waals surface area contributed by atoms with Crippen molar-refractivity contribution < 1.29 is 5.11 Å². The molecular formula is C12H10N2O. The van der Waals surface area contributed by atoms with Crippen molar-refractivity contribution in [1.29, 1.82) is 0 Å².